The lowest BCUT2D eigenvalue weighted by Gasteiger charge is -2.12. The maximum absolute atomic E-state index is 5.92. The molecule has 0 atom stereocenters. The Morgan fingerprint density at radius 2 is 2.00 bits per heavy atom. The van der Waals surface area contributed by atoms with Gasteiger partial charge in [0.25, 0.3) is 0 Å². The smallest absolute Gasteiger partial charge is 0.205 e. The summed E-state index contributed by atoms with van der Waals surface area (Å²) in [6.45, 7) is 2.95. The molecule has 1 heterocycles. The number of ether oxygens (including phenoxy) is 2. The molecule has 2 aromatic carbocycles. The molecule has 6 nitrogen and oxygen atoms in total. The van der Waals surface area contributed by atoms with Crippen molar-refractivity contribution in [2.75, 3.05) is 17.8 Å². The molecular weight excluding hydrogens is 428 g/mol. The van der Waals surface area contributed by atoms with Crippen LogP contribution in [0.4, 0.5) is 10.9 Å². The summed E-state index contributed by atoms with van der Waals surface area (Å²) in [5.41, 5.74) is 10.4. The lowest BCUT2D eigenvalue weighted by Crippen LogP contribution is -2.00. The molecule has 0 bridgehead atoms. The van der Waals surface area contributed by atoms with E-state index >= 15 is 0 Å². The Bertz CT molecular complexity index is 912. The van der Waals surface area contributed by atoms with E-state index in [0.717, 1.165) is 15.6 Å². The molecular formula is C19H19BrN4O2S. The quantitative estimate of drug-likeness (QED) is 0.379. The molecule has 0 spiro atoms. The first kappa shape index (κ1) is 19.2. The Kier molecular flexibility index (Phi) is 6.67. The minimum absolute atomic E-state index is 0.466. The standard InChI is InChI=1S/C19H19BrN4O2S/c1-2-25-17-9-14(10-22-24-19-23-18(21)12-27-19)5-8-16(17)26-11-13-3-6-15(20)7-4-13/h3-10,12H,2,11,21H2,1H3,(H,23,24). The van der Waals surface area contributed by atoms with E-state index in [0.29, 0.717) is 35.7 Å². The number of nitrogens with zero attached hydrogens (tertiary/aromatic N) is 2. The van der Waals surface area contributed by atoms with Crippen molar-refractivity contribution in [1.29, 1.82) is 0 Å². The van der Waals surface area contributed by atoms with E-state index in [1.54, 1.807) is 11.6 Å². The van der Waals surface area contributed by atoms with Gasteiger partial charge in [-0.1, -0.05) is 28.1 Å². The van der Waals surface area contributed by atoms with Crippen LogP contribution in [-0.4, -0.2) is 17.8 Å². The van der Waals surface area contributed by atoms with Crippen LogP contribution in [0.3, 0.4) is 0 Å². The third-order valence-electron chi connectivity index (χ3n) is 3.47. The SMILES string of the molecule is CCOc1cc(C=NNc2nc(N)cs2)ccc1OCc1ccc(Br)cc1. The van der Waals surface area contributed by atoms with Gasteiger partial charge in [-0.3, -0.25) is 5.43 Å². The van der Waals surface area contributed by atoms with Crippen LogP contribution in [0.15, 0.2) is 57.4 Å². The normalized spacial score (nSPS) is 10.9. The minimum Gasteiger partial charge on any atom is -0.490 e. The fourth-order valence-electron chi connectivity index (χ4n) is 2.23. The van der Waals surface area contributed by atoms with Gasteiger partial charge < -0.3 is 15.2 Å². The molecule has 8 heteroatoms. The number of hydrazone groups is 1. The summed E-state index contributed by atoms with van der Waals surface area (Å²) in [6, 6.07) is 13.7. The number of hydrogen-bond donors (Lipinski definition) is 2. The first-order valence-corrected chi connectivity index (χ1v) is 9.95. The number of nitrogens with one attached hydrogen (secondary N) is 1. The Morgan fingerprint density at radius 3 is 2.70 bits per heavy atom. The molecule has 0 aliphatic rings. The maximum atomic E-state index is 5.92. The van der Waals surface area contributed by atoms with E-state index in [2.05, 4.69) is 31.4 Å². The summed E-state index contributed by atoms with van der Waals surface area (Å²) in [6.07, 6.45) is 1.69. The van der Waals surface area contributed by atoms with E-state index in [1.165, 1.54) is 11.3 Å². The molecule has 0 saturated carbocycles. The second kappa shape index (κ2) is 9.38. The Balaban J connectivity index is 1.66. The van der Waals surface area contributed by atoms with Crippen molar-refractivity contribution in [3.63, 3.8) is 0 Å². The van der Waals surface area contributed by atoms with Gasteiger partial charge in [0.15, 0.2) is 11.5 Å². The van der Waals surface area contributed by atoms with Crippen LogP contribution in [0.5, 0.6) is 11.5 Å². The van der Waals surface area contributed by atoms with Gasteiger partial charge >= 0.3 is 0 Å². The lowest BCUT2D eigenvalue weighted by molar-refractivity contribution is 0.269. The van der Waals surface area contributed by atoms with Gasteiger partial charge in [0.2, 0.25) is 5.13 Å². The van der Waals surface area contributed by atoms with E-state index in [4.69, 9.17) is 15.2 Å². The third kappa shape index (κ3) is 5.70. The van der Waals surface area contributed by atoms with Gasteiger partial charge in [0.05, 0.1) is 12.8 Å². The van der Waals surface area contributed by atoms with Crippen molar-refractivity contribution >= 4 is 44.4 Å². The van der Waals surface area contributed by atoms with Crippen LogP contribution in [-0.2, 0) is 6.61 Å². The van der Waals surface area contributed by atoms with Crippen LogP contribution in [0, 0.1) is 0 Å². The second-order valence-corrected chi connectivity index (χ2v) is 7.28. The highest BCUT2D eigenvalue weighted by Gasteiger charge is 2.07. The summed E-state index contributed by atoms with van der Waals surface area (Å²) in [5, 5.41) is 6.57. The van der Waals surface area contributed by atoms with Gasteiger partial charge in [0.1, 0.15) is 12.4 Å². The molecule has 3 aromatic rings. The lowest BCUT2D eigenvalue weighted by atomic mass is 10.2. The highest BCUT2D eigenvalue weighted by molar-refractivity contribution is 9.10. The number of thiazole rings is 1. The number of anilines is 2. The predicted molar refractivity (Wildman–Crippen MR) is 114 cm³/mol. The van der Waals surface area contributed by atoms with Gasteiger partial charge in [0, 0.05) is 9.85 Å². The van der Waals surface area contributed by atoms with Gasteiger partial charge in [-0.2, -0.15) is 5.10 Å². The fourth-order valence-corrected chi connectivity index (χ4v) is 3.05. The van der Waals surface area contributed by atoms with Gasteiger partial charge in [-0.05, 0) is 48.4 Å². The molecule has 0 unspecified atom stereocenters. The van der Waals surface area contributed by atoms with Crippen LogP contribution >= 0.6 is 27.3 Å². The van der Waals surface area contributed by atoms with Gasteiger partial charge in [-0.15, -0.1) is 11.3 Å². The molecule has 0 saturated heterocycles. The average Bonchev–Trinajstić information content (AvgIpc) is 3.08. The summed E-state index contributed by atoms with van der Waals surface area (Å²) < 4.78 is 12.7. The molecule has 0 aliphatic carbocycles. The zero-order valence-electron chi connectivity index (χ0n) is 14.7. The number of nitrogens with two attached hydrogens (primary N) is 1. The van der Waals surface area contributed by atoms with Crippen molar-refractivity contribution in [2.45, 2.75) is 13.5 Å². The summed E-state index contributed by atoms with van der Waals surface area (Å²) in [5.74, 6) is 1.85. The predicted octanol–water partition coefficient (Wildman–Crippen LogP) is 4.91. The Hall–Kier alpha value is -2.58. The number of halogens is 1. The molecule has 0 radical (unpaired) electrons. The molecule has 3 N–H and O–H groups in total. The average molecular weight is 447 g/mol. The zero-order valence-corrected chi connectivity index (χ0v) is 17.1. The van der Waals surface area contributed by atoms with Crippen molar-refractivity contribution in [3.8, 4) is 11.5 Å². The molecule has 0 amide bonds. The van der Waals surface area contributed by atoms with Gasteiger partial charge in [-0.25, -0.2) is 4.98 Å². The van der Waals surface area contributed by atoms with Crippen molar-refractivity contribution in [2.24, 2.45) is 5.10 Å². The van der Waals surface area contributed by atoms with Crippen LogP contribution in [0.1, 0.15) is 18.1 Å². The number of benzene rings is 2. The van der Waals surface area contributed by atoms with Crippen molar-refractivity contribution in [1.82, 2.24) is 4.98 Å². The maximum Gasteiger partial charge on any atom is 0.205 e. The van der Waals surface area contributed by atoms with Crippen LogP contribution < -0.4 is 20.6 Å². The van der Waals surface area contributed by atoms with E-state index in [9.17, 15) is 0 Å². The zero-order chi connectivity index (χ0) is 19.1. The summed E-state index contributed by atoms with van der Waals surface area (Å²) >= 11 is 4.83. The number of aromatic nitrogens is 1. The fraction of sp³-hybridized carbons (Fsp3) is 0.158. The van der Waals surface area contributed by atoms with E-state index in [-0.39, 0.29) is 0 Å². The van der Waals surface area contributed by atoms with Crippen molar-refractivity contribution < 1.29 is 9.47 Å². The monoisotopic (exact) mass is 446 g/mol. The molecule has 1 aromatic heterocycles. The first-order chi connectivity index (χ1) is 13.1. The minimum atomic E-state index is 0.466. The highest BCUT2D eigenvalue weighted by atomic mass is 79.9. The Morgan fingerprint density at radius 1 is 1.19 bits per heavy atom. The molecule has 0 fully saturated rings. The number of nitrogen functional groups attached to an aromatic ring is 1. The molecule has 140 valence electrons. The topological polar surface area (TPSA) is 81.8 Å². The third-order valence-corrected chi connectivity index (χ3v) is 4.76. The first-order valence-electron chi connectivity index (χ1n) is 8.28. The molecule has 3 rings (SSSR count). The van der Waals surface area contributed by atoms with Crippen LogP contribution in [0.25, 0.3) is 0 Å². The van der Waals surface area contributed by atoms with Crippen LogP contribution in [0.2, 0.25) is 0 Å². The second-order valence-electron chi connectivity index (χ2n) is 5.50. The number of hydrogen-bond acceptors (Lipinski definition) is 7. The van der Waals surface area contributed by atoms with E-state index in [1.807, 2.05) is 49.4 Å². The summed E-state index contributed by atoms with van der Waals surface area (Å²) in [4.78, 5) is 4.09. The number of rotatable bonds is 8. The van der Waals surface area contributed by atoms with Crippen molar-refractivity contribution in [3.05, 3.63) is 63.4 Å². The summed E-state index contributed by atoms with van der Waals surface area (Å²) in [7, 11) is 0. The Labute approximate surface area is 170 Å². The molecule has 0 aliphatic heterocycles. The van der Waals surface area contributed by atoms with E-state index < -0.39 is 0 Å². The largest absolute Gasteiger partial charge is 0.490 e. The highest BCUT2D eigenvalue weighted by Crippen LogP contribution is 2.29. The molecule has 27 heavy (non-hydrogen) atoms.